The quantitative estimate of drug-likeness (QED) is 0.781. The van der Waals surface area contributed by atoms with Crippen molar-refractivity contribution in [2.75, 3.05) is 26.4 Å². The number of aliphatic hydroxyl groups excluding tert-OH is 1. The highest BCUT2D eigenvalue weighted by Crippen LogP contribution is 2.17. The molecule has 0 aromatic heterocycles. The van der Waals surface area contributed by atoms with Crippen molar-refractivity contribution < 1.29 is 19.4 Å². The lowest BCUT2D eigenvalue weighted by atomic mass is 10.1. The van der Waals surface area contributed by atoms with Crippen LogP contribution in [0.1, 0.15) is 47.5 Å². The number of rotatable bonds is 6. The first kappa shape index (κ1) is 19.2. The minimum atomic E-state index is -0.487. The van der Waals surface area contributed by atoms with Gasteiger partial charge >= 0.3 is 6.09 Å². The second kappa shape index (κ2) is 8.70. The highest BCUT2D eigenvalue weighted by atomic mass is 16.6. The third kappa shape index (κ3) is 6.94. The lowest BCUT2D eigenvalue weighted by Crippen LogP contribution is -2.52. The zero-order chi connectivity index (χ0) is 16.8. The van der Waals surface area contributed by atoms with Crippen molar-refractivity contribution in [3.63, 3.8) is 0 Å². The van der Waals surface area contributed by atoms with E-state index in [1.54, 1.807) is 4.90 Å². The Hall–Kier alpha value is -0.850. The van der Waals surface area contributed by atoms with Gasteiger partial charge in [0.1, 0.15) is 5.60 Å². The predicted molar refractivity (Wildman–Crippen MR) is 85.9 cm³/mol. The average Bonchev–Trinajstić information content (AvgIpc) is 2.37. The smallest absolute Gasteiger partial charge is 0.410 e. The van der Waals surface area contributed by atoms with Gasteiger partial charge in [-0.2, -0.15) is 0 Å². The maximum atomic E-state index is 12.3. The Balaban J connectivity index is 2.56. The fraction of sp³-hybridized carbons (Fsp3) is 0.938. The third-order valence-corrected chi connectivity index (χ3v) is 3.61. The van der Waals surface area contributed by atoms with E-state index in [0.717, 1.165) is 12.8 Å². The first-order chi connectivity index (χ1) is 10.2. The maximum Gasteiger partial charge on any atom is 0.410 e. The Bertz CT molecular complexity index is 344. The highest BCUT2D eigenvalue weighted by Gasteiger charge is 2.31. The molecule has 1 saturated heterocycles. The molecular formula is C16H32N2O4. The van der Waals surface area contributed by atoms with Crippen molar-refractivity contribution in [1.29, 1.82) is 0 Å². The van der Waals surface area contributed by atoms with Crippen LogP contribution in [0.15, 0.2) is 0 Å². The van der Waals surface area contributed by atoms with E-state index in [2.05, 4.69) is 19.2 Å². The second-order valence-corrected chi connectivity index (χ2v) is 7.12. The molecule has 6 heteroatoms. The van der Waals surface area contributed by atoms with Crippen LogP contribution in [0.2, 0.25) is 0 Å². The van der Waals surface area contributed by atoms with Crippen molar-refractivity contribution in [1.82, 2.24) is 10.2 Å². The topological polar surface area (TPSA) is 71.0 Å². The molecule has 130 valence electrons. The summed E-state index contributed by atoms with van der Waals surface area (Å²) >= 11 is 0. The summed E-state index contributed by atoms with van der Waals surface area (Å²) in [4.78, 5) is 14.1. The van der Waals surface area contributed by atoms with E-state index >= 15 is 0 Å². The molecule has 1 rings (SSSR count). The molecule has 2 N–H and O–H groups in total. The second-order valence-electron chi connectivity index (χ2n) is 7.12. The minimum Gasteiger partial charge on any atom is -0.444 e. The molecular weight excluding hydrogens is 284 g/mol. The summed E-state index contributed by atoms with van der Waals surface area (Å²) in [5, 5.41) is 12.4. The van der Waals surface area contributed by atoms with Crippen molar-refractivity contribution in [2.24, 2.45) is 0 Å². The third-order valence-electron chi connectivity index (χ3n) is 3.61. The van der Waals surface area contributed by atoms with E-state index in [0.29, 0.717) is 19.8 Å². The standard InChI is InChI=1S/C16H32N2O4/c1-12(6-8-19)17-13(2)10-14-11-21-9-7-18(14)15(20)22-16(3,4)5/h12-14,17,19H,6-11H2,1-5H3. The minimum absolute atomic E-state index is 0.0208. The molecule has 0 radical (unpaired) electrons. The number of hydrogen-bond donors (Lipinski definition) is 2. The predicted octanol–water partition coefficient (Wildman–Crippen LogP) is 1.76. The summed E-state index contributed by atoms with van der Waals surface area (Å²) in [7, 11) is 0. The molecule has 0 aromatic carbocycles. The van der Waals surface area contributed by atoms with Gasteiger partial charge in [-0.25, -0.2) is 4.79 Å². The first-order valence-corrected chi connectivity index (χ1v) is 8.17. The summed E-state index contributed by atoms with van der Waals surface area (Å²) in [6.07, 6.45) is 1.26. The van der Waals surface area contributed by atoms with Gasteiger partial charge in [-0.3, -0.25) is 0 Å². The molecule has 0 saturated carbocycles. The lowest BCUT2D eigenvalue weighted by molar-refractivity contribution is -0.0357. The fourth-order valence-corrected chi connectivity index (χ4v) is 2.65. The summed E-state index contributed by atoms with van der Waals surface area (Å²) < 4.78 is 11.0. The zero-order valence-electron chi connectivity index (χ0n) is 14.6. The van der Waals surface area contributed by atoms with Crippen molar-refractivity contribution >= 4 is 6.09 Å². The van der Waals surface area contributed by atoms with Crippen LogP contribution in [0.4, 0.5) is 4.79 Å². The molecule has 0 spiro atoms. The highest BCUT2D eigenvalue weighted by molar-refractivity contribution is 5.68. The molecule has 22 heavy (non-hydrogen) atoms. The van der Waals surface area contributed by atoms with Gasteiger partial charge in [0, 0.05) is 25.2 Å². The van der Waals surface area contributed by atoms with Crippen LogP contribution < -0.4 is 5.32 Å². The van der Waals surface area contributed by atoms with Crippen LogP contribution in [-0.2, 0) is 9.47 Å². The molecule has 0 aliphatic carbocycles. The van der Waals surface area contributed by atoms with Gasteiger partial charge in [0.25, 0.3) is 0 Å². The van der Waals surface area contributed by atoms with E-state index in [1.165, 1.54) is 0 Å². The molecule has 1 aliphatic rings. The van der Waals surface area contributed by atoms with Crippen LogP contribution in [-0.4, -0.2) is 66.2 Å². The van der Waals surface area contributed by atoms with E-state index < -0.39 is 5.60 Å². The summed E-state index contributed by atoms with van der Waals surface area (Å²) in [6, 6.07) is 0.505. The van der Waals surface area contributed by atoms with Gasteiger partial charge in [-0.15, -0.1) is 0 Å². The van der Waals surface area contributed by atoms with Crippen LogP contribution in [0.25, 0.3) is 0 Å². The number of ether oxygens (including phenoxy) is 2. The van der Waals surface area contributed by atoms with Crippen LogP contribution in [0.5, 0.6) is 0 Å². The molecule has 1 fully saturated rings. The summed E-state index contributed by atoms with van der Waals surface area (Å²) in [6.45, 7) is 11.6. The van der Waals surface area contributed by atoms with E-state index in [1.807, 2.05) is 20.8 Å². The summed E-state index contributed by atoms with van der Waals surface area (Å²) in [5.41, 5.74) is -0.487. The fourth-order valence-electron chi connectivity index (χ4n) is 2.65. The van der Waals surface area contributed by atoms with Gasteiger partial charge in [0.15, 0.2) is 0 Å². The van der Waals surface area contributed by atoms with E-state index in [-0.39, 0.29) is 30.8 Å². The van der Waals surface area contributed by atoms with Crippen molar-refractivity contribution in [2.45, 2.75) is 71.2 Å². The number of nitrogens with one attached hydrogen (secondary N) is 1. The molecule has 3 unspecified atom stereocenters. The largest absolute Gasteiger partial charge is 0.444 e. The molecule has 3 atom stereocenters. The Morgan fingerprint density at radius 1 is 1.41 bits per heavy atom. The molecule has 0 aromatic rings. The van der Waals surface area contributed by atoms with Crippen molar-refractivity contribution in [3.05, 3.63) is 0 Å². The van der Waals surface area contributed by atoms with Gasteiger partial charge < -0.3 is 24.8 Å². The van der Waals surface area contributed by atoms with Crippen molar-refractivity contribution in [3.8, 4) is 0 Å². The Morgan fingerprint density at radius 2 is 2.09 bits per heavy atom. The Morgan fingerprint density at radius 3 is 2.68 bits per heavy atom. The SMILES string of the molecule is CC(CCO)NC(C)CC1COCCN1C(=O)OC(C)(C)C. The number of carbonyl (C=O) groups is 1. The van der Waals surface area contributed by atoms with Crippen LogP contribution >= 0.6 is 0 Å². The van der Waals surface area contributed by atoms with E-state index in [4.69, 9.17) is 14.6 Å². The van der Waals surface area contributed by atoms with E-state index in [9.17, 15) is 4.79 Å². The molecule has 1 amide bonds. The molecule has 1 aliphatic heterocycles. The molecule has 0 bridgehead atoms. The number of amides is 1. The molecule has 6 nitrogen and oxygen atoms in total. The lowest BCUT2D eigenvalue weighted by Gasteiger charge is -2.38. The average molecular weight is 316 g/mol. The number of hydrogen-bond acceptors (Lipinski definition) is 5. The van der Waals surface area contributed by atoms with Crippen LogP contribution in [0.3, 0.4) is 0 Å². The Kier molecular flexibility index (Phi) is 7.59. The number of morpholine rings is 1. The van der Waals surface area contributed by atoms with Gasteiger partial charge in [0.05, 0.1) is 19.3 Å². The molecule has 1 heterocycles. The number of carbonyl (C=O) groups excluding carboxylic acids is 1. The normalized spacial score (nSPS) is 22.3. The van der Waals surface area contributed by atoms with Gasteiger partial charge in [-0.1, -0.05) is 0 Å². The Labute approximate surface area is 134 Å². The summed E-state index contributed by atoms with van der Waals surface area (Å²) in [5.74, 6) is 0. The number of nitrogens with zero attached hydrogens (tertiary/aromatic N) is 1. The first-order valence-electron chi connectivity index (χ1n) is 8.17. The number of aliphatic hydroxyl groups is 1. The van der Waals surface area contributed by atoms with Gasteiger partial charge in [0.2, 0.25) is 0 Å². The van der Waals surface area contributed by atoms with Crippen LogP contribution in [0, 0.1) is 0 Å². The van der Waals surface area contributed by atoms with Gasteiger partial charge in [-0.05, 0) is 47.5 Å². The monoisotopic (exact) mass is 316 g/mol. The zero-order valence-corrected chi connectivity index (χ0v) is 14.6. The maximum absolute atomic E-state index is 12.3.